The third-order valence-corrected chi connectivity index (χ3v) is 13.1. The molecule has 0 unspecified atom stereocenters. The molecule has 0 saturated heterocycles. The van der Waals surface area contributed by atoms with E-state index in [0.29, 0.717) is 43.6 Å². The number of nitrogens with zero attached hydrogens (tertiary/aromatic N) is 5. The number of nitro benzene ring substituents is 2. The van der Waals surface area contributed by atoms with Gasteiger partial charge in [0.1, 0.15) is 24.3 Å². The van der Waals surface area contributed by atoms with Crippen molar-refractivity contribution in [1.82, 2.24) is 14.7 Å². The van der Waals surface area contributed by atoms with Gasteiger partial charge in [-0.25, -0.2) is 0 Å². The van der Waals surface area contributed by atoms with Gasteiger partial charge in [-0.2, -0.15) is 0 Å². The van der Waals surface area contributed by atoms with Gasteiger partial charge in [0.15, 0.2) is 23.0 Å². The Balaban J connectivity index is 1.13. The van der Waals surface area contributed by atoms with Gasteiger partial charge in [-0.3, -0.25) is 29.8 Å². The first-order valence-corrected chi connectivity index (χ1v) is 22.0. The van der Waals surface area contributed by atoms with Crippen LogP contribution in [0.25, 0.3) is 0 Å². The highest BCUT2D eigenvalue weighted by Gasteiger charge is 2.37. The lowest BCUT2D eigenvalue weighted by molar-refractivity contribution is -0.385. The number of ether oxygens (including phenoxy) is 6. The van der Waals surface area contributed by atoms with Crippen LogP contribution in [0, 0.1) is 20.2 Å². The van der Waals surface area contributed by atoms with E-state index in [-0.39, 0.29) is 72.6 Å². The Bertz CT molecular complexity index is 2380. The Kier molecular flexibility index (Phi) is 14.4. The van der Waals surface area contributed by atoms with Crippen molar-refractivity contribution in [3.63, 3.8) is 0 Å². The van der Waals surface area contributed by atoms with Gasteiger partial charge in [-0.15, -0.1) is 22.7 Å². The van der Waals surface area contributed by atoms with Gasteiger partial charge < -0.3 is 43.1 Å². The molecule has 64 heavy (non-hydrogen) atoms. The third-order valence-electron chi connectivity index (χ3n) is 11.1. The molecule has 3 aromatic carbocycles. The number of thiophene rings is 2. The SMILES string of the molecule is COC[C@@H]1Cc2sccc2CN1C(=O)c1cc(OC)c(OCc2cc(COc3cc([N+](=O)[O-])c(C(=O)N4Cc5ccsc5C[C@H]4COC)cc3OC)cc(CN(C)C)c2)cc1[N+](=O)[O-]. The summed E-state index contributed by atoms with van der Waals surface area (Å²) in [6, 6.07) is 14.1. The Morgan fingerprint density at radius 3 is 1.45 bits per heavy atom. The standard InChI is InChI=1S/C45H49N5O12S2/c1-46(2)20-27-11-28(23-61-40-18-36(49(53)54)34(16-38(40)59-5)44(51)47-21-30-7-9-63-42(30)14-32(47)25-57-3)13-29(12-27)24-62-41-19-37(50(55)56)35(17-39(41)60-6)45(52)48-22-31-8-10-64-43(31)15-33(48)26-58-4/h7-13,16-19,32-33H,14-15,20-26H2,1-6H3/t32-,33-/m0/s1. The molecule has 2 atom stereocenters. The van der Waals surface area contributed by atoms with Crippen LogP contribution in [-0.2, 0) is 55.2 Å². The summed E-state index contributed by atoms with van der Waals surface area (Å²) in [6.45, 7) is 1.56. The highest BCUT2D eigenvalue weighted by Crippen LogP contribution is 2.40. The lowest BCUT2D eigenvalue weighted by atomic mass is 10.00. The van der Waals surface area contributed by atoms with E-state index in [1.165, 1.54) is 38.5 Å². The molecular weight excluding hydrogens is 867 g/mol. The van der Waals surface area contributed by atoms with E-state index < -0.39 is 33.0 Å². The van der Waals surface area contributed by atoms with E-state index in [0.717, 1.165) is 26.4 Å². The van der Waals surface area contributed by atoms with E-state index in [2.05, 4.69) is 0 Å². The van der Waals surface area contributed by atoms with E-state index in [4.69, 9.17) is 28.4 Å². The number of rotatable bonds is 18. The molecular formula is C45H49N5O12S2. The molecule has 17 nitrogen and oxygen atoms in total. The second-order valence-corrected chi connectivity index (χ2v) is 17.8. The largest absolute Gasteiger partial charge is 0.493 e. The number of hydrogen-bond acceptors (Lipinski definition) is 15. The van der Waals surface area contributed by atoms with Crippen molar-refractivity contribution in [3.05, 3.63) is 134 Å². The van der Waals surface area contributed by atoms with Crippen LogP contribution in [-0.4, -0.2) is 104 Å². The van der Waals surface area contributed by atoms with Crippen molar-refractivity contribution in [1.29, 1.82) is 0 Å². The Labute approximate surface area is 377 Å². The average molecular weight is 916 g/mol. The van der Waals surface area contributed by atoms with Gasteiger partial charge in [-0.05, 0) is 70.9 Å². The lowest BCUT2D eigenvalue weighted by Gasteiger charge is -2.35. The molecule has 2 aromatic heterocycles. The summed E-state index contributed by atoms with van der Waals surface area (Å²) < 4.78 is 34.5. The maximum atomic E-state index is 14.1. The minimum Gasteiger partial charge on any atom is -0.493 e. The van der Waals surface area contributed by atoms with Crippen LogP contribution in [0.5, 0.6) is 23.0 Å². The zero-order chi connectivity index (χ0) is 45.7. The van der Waals surface area contributed by atoms with Crippen LogP contribution in [0.15, 0.2) is 65.4 Å². The van der Waals surface area contributed by atoms with Crippen LogP contribution in [0.4, 0.5) is 11.4 Å². The number of amides is 2. The van der Waals surface area contributed by atoms with Crippen molar-refractivity contribution in [3.8, 4) is 23.0 Å². The average Bonchev–Trinajstić information content (AvgIpc) is 3.95. The molecule has 0 spiro atoms. The molecule has 0 saturated carbocycles. The van der Waals surface area contributed by atoms with Crippen molar-refractivity contribution in [2.75, 3.05) is 55.7 Å². The summed E-state index contributed by atoms with van der Waals surface area (Å²) >= 11 is 3.22. The molecule has 338 valence electrons. The molecule has 2 aliphatic heterocycles. The number of benzene rings is 3. The second-order valence-electron chi connectivity index (χ2n) is 15.8. The zero-order valence-corrected chi connectivity index (χ0v) is 38.0. The number of hydrogen-bond donors (Lipinski definition) is 0. The predicted octanol–water partition coefficient (Wildman–Crippen LogP) is 7.29. The fourth-order valence-electron chi connectivity index (χ4n) is 8.19. The van der Waals surface area contributed by atoms with Gasteiger partial charge >= 0.3 is 0 Å². The summed E-state index contributed by atoms with van der Waals surface area (Å²) in [7, 11) is 9.74. The molecule has 0 aliphatic carbocycles. The smallest absolute Gasteiger partial charge is 0.286 e. The number of fused-ring (bicyclic) bond motifs is 2. The quantitative estimate of drug-likeness (QED) is 0.0631. The van der Waals surface area contributed by atoms with E-state index in [1.54, 1.807) is 46.7 Å². The Morgan fingerprint density at radius 1 is 0.656 bits per heavy atom. The van der Waals surface area contributed by atoms with Crippen molar-refractivity contribution < 1.29 is 47.9 Å². The number of carbonyl (C=O) groups excluding carboxylic acids is 2. The predicted molar refractivity (Wildman–Crippen MR) is 239 cm³/mol. The number of methoxy groups -OCH3 is 4. The molecule has 0 fully saturated rings. The van der Waals surface area contributed by atoms with Gasteiger partial charge in [0.25, 0.3) is 23.2 Å². The van der Waals surface area contributed by atoms with Crippen LogP contribution in [0.2, 0.25) is 0 Å². The minimum atomic E-state index is -0.607. The first-order valence-electron chi connectivity index (χ1n) is 20.3. The lowest BCUT2D eigenvalue weighted by Crippen LogP contribution is -2.46. The summed E-state index contributed by atoms with van der Waals surface area (Å²) in [4.78, 5) is 59.5. The van der Waals surface area contributed by atoms with E-state index in [1.807, 2.05) is 60.1 Å². The summed E-state index contributed by atoms with van der Waals surface area (Å²) in [6.07, 6.45) is 1.15. The first-order chi connectivity index (χ1) is 30.8. The van der Waals surface area contributed by atoms with Crippen LogP contribution in [0.1, 0.15) is 58.3 Å². The molecule has 2 amide bonds. The molecule has 0 bridgehead atoms. The van der Waals surface area contributed by atoms with Crippen LogP contribution < -0.4 is 18.9 Å². The van der Waals surface area contributed by atoms with E-state index in [9.17, 15) is 29.8 Å². The second kappa shape index (κ2) is 20.2. The minimum absolute atomic E-state index is 0.0446. The van der Waals surface area contributed by atoms with Crippen molar-refractivity contribution >= 4 is 45.9 Å². The zero-order valence-electron chi connectivity index (χ0n) is 36.3. The molecule has 0 radical (unpaired) electrons. The Hall–Kier alpha value is -6.12. The number of carbonyl (C=O) groups is 2. The molecule has 2 aliphatic rings. The normalized spacial score (nSPS) is 15.7. The summed E-state index contributed by atoms with van der Waals surface area (Å²) in [5.74, 6) is -0.632. The van der Waals surface area contributed by atoms with Gasteiger partial charge in [0.05, 0.1) is 61.5 Å². The van der Waals surface area contributed by atoms with Crippen LogP contribution in [0.3, 0.4) is 0 Å². The third kappa shape index (κ3) is 9.98. The monoisotopic (exact) mass is 915 g/mol. The van der Waals surface area contributed by atoms with Gasteiger partial charge in [-0.1, -0.05) is 12.1 Å². The molecule has 0 N–H and O–H groups in total. The molecule has 7 rings (SSSR count). The number of nitro groups is 2. The summed E-state index contributed by atoms with van der Waals surface area (Å²) in [5.41, 5.74) is 3.13. The highest BCUT2D eigenvalue weighted by molar-refractivity contribution is 7.10. The Morgan fingerprint density at radius 2 is 1.08 bits per heavy atom. The fraction of sp³-hybridized carbons (Fsp3) is 0.378. The van der Waals surface area contributed by atoms with Gasteiger partial charge in [0.2, 0.25) is 0 Å². The van der Waals surface area contributed by atoms with Crippen LogP contribution >= 0.6 is 22.7 Å². The fourth-order valence-corrected chi connectivity index (χ4v) is 10.1. The summed E-state index contributed by atoms with van der Waals surface area (Å²) in [5, 5.41) is 28.9. The first kappa shape index (κ1) is 45.9. The molecule has 4 heterocycles. The maximum absolute atomic E-state index is 14.1. The van der Waals surface area contributed by atoms with Crippen molar-refractivity contribution in [2.24, 2.45) is 0 Å². The topological polar surface area (TPSA) is 186 Å². The van der Waals surface area contributed by atoms with Crippen molar-refractivity contribution in [2.45, 2.75) is 57.8 Å². The molecule has 5 aromatic rings. The maximum Gasteiger partial charge on any atom is 0.286 e. The van der Waals surface area contributed by atoms with E-state index >= 15 is 0 Å². The molecule has 19 heteroatoms. The van der Waals surface area contributed by atoms with Gasteiger partial charge in [0, 0.05) is 68.6 Å². The highest BCUT2D eigenvalue weighted by atomic mass is 32.1.